The summed E-state index contributed by atoms with van der Waals surface area (Å²) in [6.45, 7) is 6.55. The largest absolute Gasteiger partial charge is 0.314 e. The predicted octanol–water partition coefficient (Wildman–Crippen LogP) is 1.64. The number of rotatable bonds is 2. The maximum absolute atomic E-state index is 4.19. The Hall–Kier alpha value is -0.450. The highest BCUT2D eigenvalue weighted by atomic mass is 79.9. The second-order valence-corrected chi connectivity index (χ2v) is 4.95. The fourth-order valence-electron chi connectivity index (χ4n) is 1.89. The van der Waals surface area contributed by atoms with E-state index in [-0.39, 0.29) is 0 Å². The van der Waals surface area contributed by atoms with Gasteiger partial charge in [-0.25, -0.2) is 0 Å². The summed E-state index contributed by atoms with van der Waals surface area (Å²) in [7, 11) is 0. The molecule has 0 aromatic carbocycles. The first-order valence-corrected chi connectivity index (χ1v) is 6.09. The highest BCUT2D eigenvalue weighted by Crippen LogP contribution is 2.13. The number of aromatic nitrogens is 1. The van der Waals surface area contributed by atoms with Gasteiger partial charge in [0.15, 0.2) is 0 Å². The molecule has 0 saturated carbocycles. The molecular weight excluding hydrogens is 254 g/mol. The van der Waals surface area contributed by atoms with Crippen molar-refractivity contribution in [3.05, 3.63) is 28.5 Å². The molecule has 2 rings (SSSR count). The molecule has 1 aliphatic heterocycles. The molecule has 4 heteroatoms. The van der Waals surface area contributed by atoms with Crippen LogP contribution >= 0.6 is 15.9 Å². The van der Waals surface area contributed by atoms with Gasteiger partial charge in [0.2, 0.25) is 0 Å². The number of piperazine rings is 1. The van der Waals surface area contributed by atoms with Crippen LogP contribution in [0.15, 0.2) is 22.9 Å². The monoisotopic (exact) mass is 269 g/mol. The van der Waals surface area contributed by atoms with Gasteiger partial charge in [0, 0.05) is 49.1 Å². The number of pyridine rings is 1. The SMILES string of the molecule is C[C@@H]1CNCCN1Cc1cncc(Br)c1. The van der Waals surface area contributed by atoms with Gasteiger partial charge in [-0.2, -0.15) is 0 Å². The van der Waals surface area contributed by atoms with Gasteiger partial charge in [-0.3, -0.25) is 9.88 Å². The average Bonchev–Trinajstić information content (AvgIpc) is 2.22. The molecule has 1 atom stereocenters. The van der Waals surface area contributed by atoms with Gasteiger partial charge in [0.25, 0.3) is 0 Å². The van der Waals surface area contributed by atoms with E-state index in [0.717, 1.165) is 30.7 Å². The van der Waals surface area contributed by atoms with E-state index in [1.807, 2.05) is 12.4 Å². The molecule has 0 spiro atoms. The van der Waals surface area contributed by atoms with Gasteiger partial charge in [0.1, 0.15) is 0 Å². The van der Waals surface area contributed by atoms with Crippen LogP contribution in [0.2, 0.25) is 0 Å². The maximum Gasteiger partial charge on any atom is 0.0410 e. The lowest BCUT2D eigenvalue weighted by molar-refractivity contribution is 0.165. The Morgan fingerprint density at radius 2 is 2.47 bits per heavy atom. The van der Waals surface area contributed by atoms with Crippen LogP contribution in [0.25, 0.3) is 0 Å². The highest BCUT2D eigenvalue weighted by molar-refractivity contribution is 9.10. The normalized spacial score (nSPS) is 22.9. The molecule has 1 saturated heterocycles. The Labute approximate surface area is 99.0 Å². The molecule has 0 radical (unpaired) electrons. The van der Waals surface area contributed by atoms with Gasteiger partial charge < -0.3 is 5.32 Å². The van der Waals surface area contributed by atoms with Crippen molar-refractivity contribution in [3.8, 4) is 0 Å². The topological polar surface area (TPSA) is 28.2 Å². The first-order valence-electron chi connectivity index (χ1n) is 5.30. The molecule has 82 valence electrons. The average molecular weight is 270 g/mol. The maximum atomic E-state index is 4.19. The van der Waals surface area contributed by atoms with E-state index in [2.05, 4.69) is 44.1 Å². The summed E-state index contributed by atoms with van der Waals surface area (Å²) >= 11 is 3.45. The lowest BCUT2D eigenvalue weighted by Crippen LogP contribution is -2.49. The predicted molar refractivity (Wildman–Crippen MR) is 64.7 cm³/mol. The lowest BCUT2D eigenvalue weighted by atomic mass is 10.2. The molecule has 2 heterocycles. The summed E-state index contributed by atoms with van der Waals surface area (Å²) in [5.41, 5.74) is 1.28. The zero-order valence-corrected chi connectivity index (χ0v) is 10.5. The van der Waals surface area contributed by atoms with E-state index in [9.17, 15) is 0 Å². The van der Waals surface area contributed by atoms with Crippen molar-refractivity contribution in [2.45, 2.75) is 19.5 Å². The summed E-state index contributed by atoms with van der Waals surface area (Å²) in [4.78, 5) is 6.67. The molecule has 0 bridgehead atoms. The van der Waals surface area contributed by atoms with Crippen molar-refractivity contribution in [1.29, 1.82) is 0 Å². The molecule has 3 nitrogen and oxygen atoms in total. The van der Waals surface area contributed by atoms with Gasteiger partial charge in [-0.05, 0) is 34.5 Å². The third-order valence-corrected chi connectivity index (χ3v) is 3.22. The molecule has 0 unspecified atom stereocenters. The van der Waals surface area contributed by atoms with Crippen LogP contribution in [0.1, 0.15) is 12.5 Å². The smallest absolute Gasteiger partial charge is 0.0410 e. The molecule has 1 aromatic rings. The van der Waals surface area contributed by atoms with Crippen LogP contribution in [0, 0.1) is 0 Å². The van der Waals surface area contributed by atoms with Crippen LogP contribution in [-0.4, -0.2) is 35.6 Å². The van der Waals surface area contributed by atoms with Crippen LogP contribution in [0.4, 0.5) is 0 Å². The fraction of sp³-hybridized carbons (Fsp3) is 0.545. The number of halogens is 1. The second kappa shape index (κ2) is 5.05. The quantitative estimate of drug-likeness (QED) is 0.885. The first-order chi connectivity index (χ1) is 7.25. The molecule has 1 aliphatic rings. The van der Waals surface area contributed by atoms with Crippen molar-refractivity contribution in [1.82, 2.24) is 15.2 Å². The second-order valence-electron chi connectivity index (χ2n) is 4.04. The summed E-state index contributed by atoms with van der Waals surface area (Å²) in [5.74, 6) is 0. The van der Waals surface area contributed by atoms with Gasteiger partial charge in [-0.15, -0.1) is 0 Å². The lowest BCUT2D eigenvalue weighted by Gasteiger charge is -2.33. The Balaban J connectivity index is 2.01. The van der Waals surface area contributed by atoms with E-state index in [1.165, 1.54) is 5.56 Å². The van der Waals surface area contributed by atoms with Crippen LogP contribution in [0.3, 0.4) is 0 Å². The van der Waals surface area contributed by atoms with Crippen molar-refractivity contribution >= 4 is 15.9 Å². The molecular formula is C11H16BrN3. The van der Waals surface area contributed by atoms with E-state index in [1.54, 1.807) is 0 Å². The van der Waals surface area contributed by atoms with Crippen molar-refractivity contribution in [2.24, 2.45) is 0 Å². The van der Waals surface area contributed by atoms with E-state index in [4.69, 9.17) is 0 Å². The van der Waals surface area contributed by atoms with Crippen molar-refractivity contribution < 1.29 is 0 Å². The Morgan fingerprint density at radius 1 is 1.60 bits per heavy atom. The summed E-state index contributed by atoms with van der Waals surface area (Å²) in [6, 6.07) is 2.75. The van der Waals surface area contributed by atoms with Gasteiger partial charge >= 0.3 is 0 Å². The molecule has 0 aliphatic carbocycles. The number of nitrogens with zero attached hydrogens (tertiary/aromatic N) is 2. The molecule has 1 aromatic heterocycles. The third-order valence-electron chi connectivity index (χ3n) is 2.79. The first kappa shape index (κ1) is 11.0. The number of hydrogen-bond donors (Lipinski definition) is 1. The van der Waals surface area contributed by atoms with E-state index in [0.29, 0.717) is 6.04 Å². The van der Waals surface area contributed by atoms with E-state index >= 15 is 0 Å². The Morgan fingerprint density at radius 3 is 3.20 bits per heavy atom. The number of hydrogen-bond acceptors (Lipinski definition) is 3. The molecule has 1 fully saturated rings. The Kier molecular flexibility index (Phi) is 3.72. The highest BCUT2D eigenvalue weighted by Gasteiger charge is 2.17. The fourth-order valence-corrected chi connectivity index (χ4v) is 2.31. The zero-order valence-electron chi connectivity index (χ0n) is 8.91. The summed E-state index contributed by atoms with van der Waals surface area (Å²) < 4.78 is 1.06. The van der Waals surface area contributed by atoms with Gasteiger partial charge in [-0.1, -0.05) is 0 Å². The minimum atomic E-state index is 0.609. The van der Waals surface area contributed by atoms with Crippen molar-refractivity contribution in [3.63, 3.8) is 0 Å². The van der Waals surface area contributed by atoms with Crippen molar-refractivity contribution in [2.75, 3.05) is 19.6 Å². The third kappa shape index (κ3) is 3.00. The van der Waals surface area contributed by atoms with Crippen LogP contribution < -0.4 is 5.32 Å². The van der Waals surface area contributed by atoms with Crippen LogP contribution in [-0.2, 0) is 6.54 Å². The summed E-state index contributed by atoms with van der Waals surface area (Å²) in [5, 5.41) is 3.40. The molecule has 0 amide bonds. The molecule has 15 heavy (non-hydrogen) atoms. The Bertz CT molecular complexity index is 329. The van der Waals surface area contributed by atoms with Crippen LogP contribution in [0.5, 0.6) is 0 Å². The van der Waals surface area contributed by atoms with Gasteiger partial charge in [0.05, 0.1) is 0 Å². The summed E-state index contributed by atoms with van der Waals surface area (Å²) in [6.07, 6.45) is 3.77. The zero-order chi connectivity index (χ0) is 10.7. The van der Waals surface area contributed by atoms with E-state index < -0.39 is 0 Å². The minimum Gasteiger partial charge on any atom is -0.314 e. The minimum absolute atomic E-state index is 0.609. The standard InChI is InChI=1S/C11H16BrN3/c1-9-5-13-2-3-15(9)8-10-4-11(12)7-14-6-10/h4,6-7,9,13H,2-3,5,8H2,1H3/t9-/m1/s1. The number of nitrogens with one attached hydrogen (secondary N) is 1. The molecule has 1 N–H and O–H groups in total.